The topological polar surface area (TPSA) is 53.5 Å². The Morgan fingerprint density at radius 1 is 0.905 bits per heavy atom. The standard InChI is InChI=1S/C15H15ClN2O3/c1-19-12-8-10(9-13(20-2)15(12)21-3)4-5-11-6-7-14(16)18-17-11/h4-9H,1-3H3/b5-4+. The Balaban J connectivity index is 2.33. The molecule has 0 fully saturated rings. The Bertz CT molecular complexity index is 617. The fourth-order valence-corrected chi connectivity index (χ4v) is 1.90. The van der Waals surface area contributed by atoms with Crippen molar-refractivity contribution in [1.82, 2.24) is 10.2 Å². The van der Waals surface area contributed by atoms with Crippen LogP contribution in [0.4, 0.5) is 0 Å². The molecular formula is C15H15ClN2O3. The van der Waals surface area contributed by atoms with Gasteiger partial charge in [0, 0.05) is 0 Å². The first-order chi connectivity index (χ1) is 10.2. The number of methoxy groups -OCH3 is 3. The lowest BCUT2D eigenvalue weighted by Gasteiger charge is -2.12. The monoisotopic (exact) mass is 306 g/mol. The van der Waals surface area contributed by atoms with Gasteiger partial charge in [-0.25, -0.2) is 0 Å². The second-order valence-corrected chi connectivity index (χ2v) is 4.46. The Kier molecular flexibility index (Phi) is 5.00. The predicted molar refractivity (Wildman–Crippen MR) is 82.1 cm³/mol. The van der Waals surface area contributed by atoms with Crippen LogP contribution in [0.25, 0.3) is 12.2 Å². The molecule has 2 aromatic rings. The van der Waals surface area contributed by atoms with Crippen LogP contribution in [0.5, 0.6) is 17.2 Å². The first kappa shape index (κ1) is 15.1. The Morgan fingerprint density at radius 3 is 2.05 bits per heavy atom. The van der Waals surface area contributed by atoms with E-state index < -0.39 is 0 Å². The predicted octanol–water partition coefficient (Wildman–Crippen LogP) is 3.33. The van der Waals surface area contributed by atoms with E-state index in [1.54, 1.807) is 33.5 Å². The van der Waals surface area contributed by atoms with E-state index in [0.717, 1.165) is 5.56 Å². The lowest BCUT2D eigenvalue weighted by atomic mass is 10.1. The van der Waals surface area contributed by atoms with Crippen molar-refractivity contribution in [1.29, 1.82) is 0 Å². The van der Waals surface area contributed by atoms with Gasteiger partial charge in [-0.2, -0.15) is 0 Å². The number of ether oxygens (including phenoxy) is 3. The molecule has 0 aliphatic heterocycles. The number of rotatable bonds is 5. The molecule has 0 atom stereocenters. The highest BCUT2D eigenvalue weighted by Gasteiger charge is 2.11. The third-order valence-corrected chi connectivity index (χ3v) is 2.99. The highest BCUT2D eigenvalue weighted by molar-refractivity contribution is 6.29. The Labute approximate surface area is 128 Å². The van der Waals surface area contributed by atoms with Gasteiger partial charge in [0.1, 0.15) is 0 Å². The fraction of sp³-hybridized carbons (Fsp3) is 0.200. The van der Waals surface area contributed by atoms with E-state index in [9.17, 15) is 0 Å². The third-order valence-electron chi connectivity index (χ3n) is 2.79. The highest BCUT2D eigenvalue weighted by Crippen LogP contribution is 2.38. The maximum Gasteiger partial charge on any atom is 0.203 e. The van der Waals surface area contributed by atoms with Gasteiger partial charge in [0.05, 0.1) is 27.0 Å². The van der Waals surface area contributed by atoms with Crippen LogP contribution >= 0.6 is 11.6 Å². The number of nitrogens with zero attached hydrogens (tertiary/aromatic N) is 2. The minimum atomic E-state index is 0.361. The first-order valence-electron chi connectivity index (χ1n) is 6.15. The number of hydrogen-bond donors (Lipinski definition) is 0. The largest absolute Gasteiger partial charge is 0.493 e. The van der Waals surface area contributed by atoms with Crippen molar-refractivity contribution in [3.8, 4) is 17.2 Å². The summed E-state index contributed by atoms with van der Waals surface area (Å²) < 4.78 is 15.9. The van der Waals surface area contributed by atoms with Gasteiger partial charge in [0.25, 0.3) is 0 Å². The van der Waals surface area contributed by atoms with Crippen LogP contribution in [0.2, 0.25) is 5.15 Å². The summed E-state index contributed by atoms with van der Waals surface area (Å²) in [6, 6.07) is 7.16. The summed E-state index contributed by atoms with van der Waals surface area (Å²) in [6.07, 6.45) is 3.70. The average molecular weight is 307 g/mol. The van der Waals surface area contributed by atoms with Crippen LogP contribution in [0.1, 0.15) is 11.3 Å². The van der Waals surface area contributed by atoms with E-state index in [1.165, 1.54) is 0 Å². The van der Waals surface area contributed by atoms with E-state index in [4.69, 9.17) is 25.8 Å². The van der Waals surface area contributed by atoms with E-state index in [0.29, 0.717) is 28.1 Å². The minimum absolute atomic E-state index is 0.361. The van der Waals surface area contributed by atoms with Crippen molar-refractivity contribution < 1.29 is 14.2 Å². The van der Waals surface area contributed by atoms with E-state index >= 15 is 0 Å². The van der Waals surface area contributed by atoms with Gasteiger partial charge in [-0.1, -0.05) is 17.7 Å². The van der Waals surface area contributed by atoms with Crippen LogP contribution in [0.15, 0.2) is 24.3 Å². The van der Waals surface area contributed by atoms with E-state index in [1.807, 2.05) is 24.3 Å². The normalized spacial score (nSPS) is 10.7. The molecule has 0 aliphatic rings. The molecule has 5 nitrogen and oxygen atoms in total. The fourth-order valence-electron chi connectivity index (χ4n) is 1.79. The number of benzene rings is 1. The van der Waals surface area contributed by atoms with Crippen LogP contribution in [0, 0.1) is 0 Å². The van der Waals surface area contributed by atoms with Crippen molar-refractivity contribution in [2.75, 3.05) is 21.3 Å². The molecule has 0 aliphatic carbocycles. The molecule has 0 N–H and O–H groups in total. The molecular weight excluding hydrogens is 292 g/mol. The number of hydrogen-bond acceptors (Lipinski definition) is 5. The van der Waals surface area contributed by atoms with Crippen LogP contribution < -0.4 is 14.2 Å². The highest BCUT2D eigenvalue weighted by atomic mass is 35.5. The smallest absolute Gasteiger partial charge is 0.203 e. The summed E-state index contributed by atoms with van der Waals surface area (Å²) >= 11 is 5.70. The van der Waals surface area contributed by atoms with Crippen molar-refractivity contribution in [2.24, 2.45) is 0 Å². The SMILES string of the molecule is COc1cc(/C=C/c2ccc(Cl)nn2)cc(OC)c1OC. The molecule has 0 amide bonds. The molecule has 1 aromatic heterocycles. The summed E-state index contributed by atoms with van der Waals surface area (Å²) in [5, 5.41) is 8.10. The lowest BCUT2D eigenvalue weighted by molar-refractivity contribution is 0.324. The Morgan fingerprint density at radius 2 is 1.57 bits per heavy atom. The van der Waals surface area contributed by atoms with Gasteiger partial charge in [0.15, 0.2) is 16.7 Å². The van der Waals surface area contributed by atoms with Gasteiger partial charge < -0.3 is 14.2 Å². The van der Waals surface area contributed by atoms with Gasteiger partial charge >= 0.3 is 0 Å². The van der Waals surface area contributed by atoms with Crippen LogP contribution in [0.3, 0.4) is 0 Å². The second kappa shape index (κ2) is 6.95. The van der Waals surface area contributed by atoms with E-state index in [2.05, 4.69) is 10.2 Å². The second-order valence-electron chi connectivity index (χ2n) is 4.07. The molecule has 0 radical (unpaired) electrons. The quantitative estimate of drug-likeness (QED) is 0.848. The van der Waals surface area contributed by atoms with Crippen LogP contribution in [-0.2, 0) is 0 Å². The molecule has 2 rings (SSSR count). The number of halogens is 1. The first-order valence-corrected chi connectivity index (χ1v) is 6.53. The van der Waals surface area contributed by atoms with Crippen molar-refractivity contribution >= 4 is 23.8 Å². The maximum absolute atomic E-state index is 5.70. The summed E-state index contributed by atoms with van der Waals surface area (Å²) in [4.78, 5) is 0. The molecule has 21 heavy (non-hydrogen) atoms. The summed E-state index contributed by atoms with van der Waals surface area (Å²) in [6.45, 7) is 0. The van der Waals surface area contributed by atoms with Crippen molar-refractivity contribution in [3.63, 3.8) is 0 Å². The molecule has 0 unspecified atom stereocenters. The summed E-state index contributed by atoms with van der Waals surface area (Å²) in [5.74, 6) is 1.75. The zero-order valence-electron chi connectivity index (χ0n) is 12.0. The summed E-state index contributed by atoms with van der Waals surface area (Å²) in [7, 11) is 4.73. The zero-order chi connectivity index (χ0) is 15.2. The van der Waals surface area contributed by atoms with Gasteiger partial charge in [-0.05, 0) is 35.9 Å². The molecule has 110 valence electrons. The van der Waals surface area contributed by atoms with E-state index in [-0.39, 0.29) is 0 Å². The molecule has 1 heterocycles. The molecule has 6 heteroatoms. The number of aromatic nitrogens is 2. The molecule has 0 saturated heterocycles. The summed E-state index contributed by atoms with van der Waals surface area (Å²) in [5.41, 5.74) is 1.59. The average Bonchev–Trinajstić information content (AvgIpc) is 2.53. The van der Waals surface area contributed by atoms with Gasteiger partial charge in [-0.15, -0.1) is 10.2 Å². The minimum Gasteiger partial charge on any atom is -0.493 e. The molecule has 0 spiro atoms. The van der Waals surface area contributed by atoms with Crippen molar-refractivity contribution in [3.05, 3.63) is 40.7 Å². The van der Waals surface area contributed by atoms with Gasteiger partial charge in [0.2, 0.25) is 5.75 Å². The maximum atomic E-state index is 5.70. The molecule has 0 bridgehead atoms. The molecule has 0 saturated carbocycles. The lowest BCUT2D eigenvalue weighted by Crippen LogP contribution is -1.95. The van der Waals surface area contributed by atoms with Crippen LogP contribution in [-0.4, -0.2) is 31.5 Å². The van der Waals surface area contributed by atoms with Gasteiger partial charge in [-0.3, -0.25) is 0 Å². The zero-order valence-corrected chi connectivity index (χ0v) is 12.7. The van der Waals surface area contributed by atoms with Crippen molar-refractivity contribution in [2.45, 2.75) is 0 Å². The molecule has 1 aromatic carbocycles. The Hall–Kier alpha value is -2.27. The third kappa shape index (κ3) is 3.64.